The Morgan fingerprint density at radius 2 is 1.41 bits per heavy atom. The van der Waals surface area contributed by atoms with Crippen molar-refractivity contribution in [1.82, 2.24) is 5.32 Å². The van der Waals surface area contributed by atoms with Crippen LogP contribution in [0.15, 0.2) is 126 Å². The molecule has 1 heterocycles. The van der Waals surface area contributed by atoms with E-state index in [2.05, 4.69) is 5.32 Å². The van der Waals surface area contributed by atoms with Crippen LogP contribution < -0.4 is 11.1 Å². The van der Waals surface area contributed by atoms with Gasteiger partial charge in [0.05, 0.1) is 11.1 Å². The molecule has 5 nitrogen and oxygen atoms in total. The molecule has 6 aromatic rings. The predicted molar refractivity (Wildman–Crippen MR) is 172 cm³/mol. The average molecular weight is 583 g/mol. The number of amides is 2. The number of nitrogens with two attached hydrogens (primary N) is 1. The Hall–Kier alpha value is -5.49. The number of rotatable bonds is 8. The normalized spacial score (nSPS) is 11.4. The third kappa shape index (κ3) is 5.75. The molecule has 0 saturated carbocycles. The van der Waals surface area contributed by atoms with Crippen LogP contribution in [-0.2, 0) is 12.0 Å². The standard InChI is InChI=1S/C38H31FN2O3/c1-38(2,28-11-7-4-8-12-28)41-37(43)31-22-26(15-19-30(31)25-9-5-3-6-10-25)27-16-20-33-32(23-27)35(36(40)42)34(44-33)21-24-13-17-29(39)18-14-24/h3-20,22-23H,21H2,1-2H3,(H2,40,42)(H,41,43). The van der Waals surface area contributed by atoms with E-state index in [0.29, 0.717) is 22.3 Å². The van der Waals surface area contributed by atoms with Gasteiger partial charge in [-0.3, -0.25) is 9.59 Å². The first-order valence-electron chi connectivity index (χ1n) is 14.4. The summed E-state index contributed by atoms with van der Waals surface area (Å²) in [7, 11) is 0. The fourth-order valence-electron chi connectivity index (χ4n) is 5.57. The van der Waals surface area contributed by atoms with Crippen LogP contribution in [0.3, 0.4) is 0 Å². The van der Waals surface area contributed by atoms with Crippen molar-refractivity contribution < 1.29 is 18.4 Å². The molecule has 6 heteroatoms. The van der Waals surface area contributed by atoms with E-state index in [0.717, 1.165) is 33.4 Å². The zero-order chi connectivity index (χ0) is 30.8. The summed E-state index contributed by atoms with van der Waals surface area (Å²) in [6.07, 6.45) is 0.288. The van der Waals surface area contributed by atoms with Gasteiger partial charge in [-0.05, 0) is 77.6 Å². The molecule has 2 amide bonds. The molecular formula is C38H31FN2O3. The van der Waals surface area contributed by atoms with Crippen molar-refractivity contribution in [3.63, 3.8) is 0 Å². The van der Waals surface area contributed by atoms with Crippen molar-refractivity contribution in [2.24, 2.45) is 5.73 Å². The number of carbonyl (C=O) groups is 2. The molecule has 218 valence electrons. The van der Waals surface area contributed by atoms with Crippen molar-refractivity contribution in [2.75, 3.05) is 0 Å². The predicted octanol–water partition coefficient (Wildman–Crippen LogP) is 8.26. The number of primary amides is 1. The van der Waals surface area contributed by atoms with E-state index in [1.54, 1.807) is 18.2 Å². The summed E-state index contributed by atoms with van der Waals surface area (Å²) >= 11 is 0. The largest absolute Gasteiger partial charge is 0.460 e. The Bertz CT molecular complexity index is 1980. The molecule has 0 bridgehead atoms. The lowest BCUT2D eigenvalue weighted by molar-refractivity contribution is 0.0912. The van der Waals surface area contributed by atoms with Crippen molar-refractivity contribution in [1.29, 1.82) is 0 Å². The fourth-order valence-corrected chi connectivity index (χ4v) is 5.57. The summed E-state index contributed by atoms with van der Waals surface area (Å²) in [6, 6.07) is 37.0. The Kier molecular flexibility index (Phi) is 7.58. The minimum atomic E-state index is -0.616. The van der Waals surface area contributed by atoms with E-state index < -0.39 is 11.4 Å². The molecule has 0 aliphatic heterocycles. The first-order valence-corrected chi connectivity index (χ1v) is 14.4. The lowest BCUT2D eigenvalue weighted by atomic mass is 9.91. The van der Waals surface area contributed by atoms with Crippen LogP contribution in [0.25, 0.3) is 33.2 Å². The van der Waals surface area contributed by atoms with E-state index in [4.69, 9.17) is 10.2 Å². The molecule has 0 atom stereocenters. The quantitative estimate of drug-likeness (QED) is 0.189. The maximum Gasteiger partial charge on any atom is 0.252 e. The maximum absolute atomic E-state index is 14.0. The topological polar surface area (TPSA) is 85.3 Å². The van der Waals surface area contributed by atoms with E-state index in [-0.39, 0.29) is 23.7 Å². The lowest BCUT2D eigenvalue weighted by Crippen LogP contribution is -2.41. The molecule has 44 heavy (non-hydrogen) atoms. The number of benzene rings is 5. The van der Waals surface area contributed by atoms with Crippen LogP contribution in [0, 0.1) is 5.82 Å². The van der Waals surface area contributed by atoms with Gasteiger partial charge in [-0.1, -0.05) is 91.0 Å². The van der Waals surface area contributed by atoms with E-state index in [9.17, 15) is 14.0 Å². The van der Waals surface area contributed by atoms with E-state index in [1.807, 2.05) is 105 Å². The lowest BCUT2D eigenvalue weighted by Gasteiger charge is -2.27. The van der Waals surface area contributed by atoms with Crippen molar-refractivity contribution in [3.05, 3.63) is 155 Å². The van der Waals surface area contributed by atoms with E-state index in [1.165, 1.54) is 12.1 Å². The number of fused-ring (bicyclic) bond motifs is 1. The number of hydrogen-bond donors (Lipinski definition) is 2. The number of carbonyl (C=O) groups excluding carboxylic acids is 2. The van der Waals surface area contributed by atoms with Gasteiger partial charge in [0.2, 0.25) is 0 Å². The van der Waals surface area contributed by atoms with Gasteiger partial charge in [0.1, 0.15) is 17.2 Å². The van der Waals surface area contributed by atoms with Crippen molar-refractivity contribution in [3.8, 4) is 22.3 Å². The molecule has 0 unspecified atom stereocenters. The Labute approximate surface area is 255 Å². The molecule has 0 aliphatic carbocycles. The van der Waals surface area contributed by atoms with Gasteiger partial charge in [-0.2, -0.15) is 0 Å². The Morgan fingerprint density at radius 1 is 0.773 bits per heavy atom. The highest BCUT2D eigenvalue weighted by Crippen LogP contribution is 2.34. The van der Waals surface area contributed by atoms with Gasteiger partial charge in [-0.25, -0.2) is 4.39 Å². The van der Waals surface area contributed by atoms with Crippen LogP contribution in [0.2, 0.25) is 0 Å². The zero-order valence-corrected chi connectivity index (χ0v) is 24.4. The summed E-state index contributed by atoms with van der Waals surface area (Å²) in [6.45, 7) is 3.96. The molecule has 0 saturated heterocycles. The van der Waals surface area contributed by atoms with Crippen molar-refractivity contribution in [2.45, 2.75) is 25.8 Å². The molecule has 0 fully saturated rings. The summed E-state index contributed by atoms with van der Waals surface area (Å²) in [5.74, 6) is -0.740. The fraction of sp³-hybridized carbons (Fsp3) is 0.105. The zero-order valence-electron chi connectivity index (χ0n) is 24.4. The highest BCUT2D eigenvalue weighted by Gasteiger charge is 2.26. The summed E-state index contributed by atoms with van der Waals surface area (Å²) in [5, 5.41) is 3.80. The molecule has 5 aromatic carbocycles. The second-order valence-corrected chi connectivity index (χ2v) is 11.4. The van der Waals surface area contributed by atoms with Crippen LogP contribution in [0.1, 0.15) is 51.5 Å². The third-order valence-corrected chi connectivity index (χ3v) is 7.89. The molecule has 6 rings (SSSR count). The van der Waals surface area contributed by atoms with Gasteiger partial charge in [0.25, 0.3) is 11.8 Å². The number of hydrogen-bond acceptors (Lipinski definition) is 3. The minimum Gasteiger partial charge on any atom is -0.460 e. The summed E-state index contributed by atoms with van der Waals surface area (Å²) < 4.78 is 19.5. The minimum absolute atomic E-state index is 0.205. The Morgan fingerprint density at radius 3 is 2.09 bits per heavy atom. The van der Waals surface area contributed by atoms with E-state index >= 15 is 0 Å². The molecule has 0 aliphatic rings. The summed E-state index contributed by atoms with van der Waals surface area (Å²) in [5.41, 5.74) is 11.7. The summed E-state index contributed by atoms with van der Waals surface area (Å²) in [4.78, 5) is 26.6. The first kappa shape index (κ1) is 28.6. The van der Waals surface area contributed by atoms with Crippen LogP contribution in [-0.4, -0.2) is 11.8 Å². The van der Waals surface area contributed by atoms with Crippen LogP contribution in [0.5, 0.6) is 0 Å². The second-order valence-electron chi connectivity index (χ2n) is 11.4. The SMILES string of the molecule is CC(C)(NC(=O)c1cc(-c2ccc3oc(Cc4ccc(F)cc4)c(C(N)=O)c3c2)ccc1-c1ccccc1)c1ccccc1. The number of nitrogens with one attached hydrogen (secondary N) is 1. The monoisotopic (exact) mass is 582 g/mol. The first-order chi connectivity index (χ1) is 21.2. The number of furan rings is 1. The van der Waals surface area contributed by atoms with Gasteiger partial charge in [0.15, 0.2) is 0 Å². The third-order valence-electron chi connectivity index (χ3n) is 7.89. The molecule has 3 N–H and O–H groups in total. The molecular weight excluding hydrogens is 551 g/mol. The average Bonchev–Trinajstić information content (AvgIpc) is 3.40. The smallest absolute Gasteiger partial charge is 0.252 e. The second kappa shape index (κ2) is 11.7. The van der Waals surface area contributed by atoms with Gasteiger partial charge in [-0.15, -0.1) is 0 Å². The highest BCUT2D eigenvalue weighted by atomic mass is 19.1. The Balaban J connectivity index is 1.42. The number of halogens is 1. The molecule has 0 spiro atoms. The molecule has 1 aromatic heterocycles. The van der Waals surface area contributed by atoms with Gasteiger partial charge < -0.3 is 15.5 Å². The van der Waals surface area contributed by atoms with Gasteiger partial charge >= 0.3 is 0 Å². The maximum atomic E-state index is 14.0. The highest BCUT2D eigenvalue weighted by molar-refractivity contribution is 6.08. The van der Waals surface area contributed by atoms with Gasteiger partial charge in [0, 0.05) is 17.4 Å². The van der Waals surface area contributed by atoms with Crippen LogP contribution in [0.4, 0.5) is 4.39 Å². The molecule has 0 radical (unpaired) electrons. The van der Waals surface area contributed by atoms with Crippen molar-refractivity contribution >= 4 is 22.8 Å². The van der Waals surface area contributed by atoms with Crippen LogP contribution >= 0.6 is 0 Å².